The van der Waals surface area contributed by atoms with Gasteiger partial charge in [-0.05, 0) is 40.5 Å². The van der Waals surface area contributed by atoms with Crippen LogP contribution in [0.4, 0.5) is 0 Å². The summed E-state index contributed by atoms with van der Waals surface area (Å²) in [5, 5.41) is 8.66. The van der Waals surface area contributed by atoms with Gasteiger partial charge in [-0.2, -0.15) is 0 Å². The van der Waals surface area contributed by atoms with E-state index in [4.69, 9.17) is 14.6 Å². The molecule has 0 radical (unpaired) electrons. The third-order valence-electron chi connectivity index (χ3n) is 1.79. The summed E-state index contributed by atoms with van der Waals surface area (Å²) in [6, 6.07) is 0. The van der Waals surface area contributed by atoms with E-state index in [0.29, 0.717) is 6.79 Å². The van der Waals surface area contributed by atoms with Crippen LogP contribution in [0.3, 0.4) is 0 Å². The molecule has 0 atom stereocenters. The number of aliphatic hydroxyl groups excluding tert-OH is 1. The Morgan fingerprint density at radius 1 is 1.31 bits per heavy atom. The minimum absolute atomic E-state index is 0.197. The average molecular weight is 190 g/mol. The number of rotatable bonds is 7. The fourth-order valence-electron chi connectivity index (χ4n) is 0.907. The predicted molar refractivity (Wildman–Crippen MR) is 52.6 cm³/mol. The highest BCUT2D eigenvalue weighted by atomic mass is 16.7. The molecule has 0 amide bonds. The lowest BCUT2D eigenvalue weighted by Crippen LogP contribution is -2.26. The highest BCUT2D eigenvalue weighted by Crippen LogP contribution is 2.16. The highest BCUT2D eigenvalue weighted by molar-refractivity contribution is 4.67. The smallest absolute Gasteiger partial charge is 0.147 e. The lowest BCUT2D eigenvalue weighted by molar-refractivity contribution is -0.146. The van der Waals surface area contributed by atoms with E-state index in [1.165, 1.54) is 0 Å². The van der Waals surface area contributed by atoms with Crippen LogP contribution in [0.25, 0.3) is 0 Å². The van der Waals surface area contributed by atoms with Crippen molar-refractivity contribution in [3.63, 3.8) is 0 Å². The minimum Gasteiger partial charge on any atom is -0.396 e. The van der Waals surface area contributed by atoms with Gasteiger partial charge in [0.2, 0.25) is 0 Å². The molecule has 0 bridgehead atoms. The maximum absolute atomic E-state index is 8.66. The second-order valence-corrected chi connectivity index (χ2v) is 4.06. The van der Waals surface area contributed by atoms with E-state index in [2.05, 4.69) is 0 Å². The molecular weight excluding hydrogens is 168 g/mol. The Balaban J connectivity index is 3.50. The van der Waals surface area contributed by atoms with Gasteiger partial charge in [0, 0.05) is 6.61 Å². The van der Waals surface area contributed by atoms with Crippen LogP contribution < -0.4 is 0 Å². The molecule has 1 N–H and O–H groups in total. The van der Waals surface area contributed by atoms with Gasteiger partial charge < -0.3 is 14.6 Å². The molecule has 0 fully saturated rings. The molecule has 0 aromatic carbocycles. The molecule has 0 unspecified atom stereocenters. The number of aliphatic hydroxyl groups is 1. The first-order valence-corrected chi connectivity index (χ1v) is 4.84. The zero-order valence-corrected chi connectivity index (χ0v) is 9.17. The van der Waals surface area contributed by atoms with Crippen LogP contribution in [0.1, 0.15) is 40.5 Å². The van der Waals surface area contributed by atoms with Crippen LogP contribution in [-0.2, 0) is 9.47 Å². The Labute approximate surface area is 81.0 Å². The Kier molecular flexibility index (Phi) is 6.29. The molecule has 13 heavy (non-hydrogen) atoms. The van der Waals surface area contributed by atoms with E-state index in [0.717, 1.165) is 12.8 Å². The fraction of sp³-hybridized carbons (Fsp3) is 1.00. The quantitative estimate of drug-likeness (QED) is 0.623. The molecule has 3 heteroatoms. The summed E-state index contributed by atoms with van der Waals surface area (Å²) in [7, 11) is 0. The van der Waals surface area contributed by atoms with Crippen LogP contribution in [0, 0.1) is 0 Å². The molecule has 0 rings (SSSR count). The number of hydrogen-bond donors (Lipinski definition) is 1. The zero-order valence-electron chi connectivity index (χ0n) is 9.17. The summed E-state index contributed by atoms with van der Waals surface area (Å²) in [4.78, 5) is 0. The van der Waals surface area contributed by atoms with E-state index in [-0.39, 0.29) is 18.3 Å². The first-order valence-electron chi connectivity index (χ1n) is 4.84. The standard InChI is InChI=1S/C10H22O3/c1-9(2)12-8-13-10(3,4)6-5-7-11/h9,11H,5-8H2,1-4H3. The molecule has 0 aromatic rings. The SMILES string of the molecule is CC(C)OCOC(C)(C)CCCO. The molecule has 80 valence electrons. The first kappa shape index (κ1) is 12.9. The van der Waals surface area contributed by atoms with Crippen molar-refractivity contribution in [3.8, 4) is 0 Å². The van der Waals surface area contributed by atoms with Gasteiger partial charge in [0.25, 0.3) is 0 Å². The van der Waals surface area contributed by atoms with Gasteiger partial charge in [0.15, 0.2) is 0 Å². The second-order valence-electron chi connectivity index (χ2n) is 4.06. The van der Waals surface area contributed by atoms with E-state index in [9.17, 15) is 0 Å². The first-order chi connectivity index (χ1) is 5.98. The Morgan fingerprint density at radius 2 is 1.92 bits per heavy atom. The van der Waals surface area contributed by atoms with Crippen molar-refractivity contribution in [2.45, 2.75) is 52.2 Å². The molecule has 0 spiro atoms. The minimum atomic E-state index is -0.197. The van der Waals surface area contributed by atoms with Crippen molar-refractivity contribution in [1.82, 2.24) is 0 Å². The van der Waals surface area contributed by atoms with Crippen molar-refractivity contribution in [2.24, 2.45) is 0 Å². The van der Waals surface area contributed by atoms with Crippen molar-refractivity contribution in [1.29, 1.82) is 0 Å². The fourth-order valence-corrected chi connectivity index (χ4v) is 0.907. The third kappa shape index (κ3) is 8.22. The van der Waals surface area contributed by atoms with Gasteiger partial charge in [0.1, 0.15) is 6.79 Å². The van der Waals surface area contributed by atoms with Gasteiger partial charge in [0.05, 0.1) is 11.7 Å². The van der Waals surface area contributed by atoms with Gasteiger partial charge in [-0.1, -0.05) is 0 Å². The van der Waals surface area contributed by atoms with E-state index >= 15 is 0 Å². The molecule has 0 aliphatic rings. The van der Waals surface area contributed by atoms with Crippen LogP contribution in [0.15, 0.2) is 0 Å². The van der Waals surface area contributed by atoms with Crippen molar-refractivity contribution < 1.29 is 14.6 Å². The normalized spacial score (nSPS) is 12.5. The van der Waals surface area contributed by atoms with Gasteiger partial charge >= 0.3 is 0 Å². The van der Waals surface area contributed by atoms with Crippen LogP contribution >= 0.6 is 0 Å². The lowest BCUT2D eigenvalue weighted by Gasteiger charge is -2.25. The molecule has 0 aliphatic carbocycles. The molecule has 0 aromatic heterocycles. The van der Waals surface area contributed by atoms with Crippen LogP contribution in [0.5, 0.6) is 0 Å². The molecular formula is C10H22O3. The zero-order chi connectivity index (χ0) is 10.3. The van der Waals surface area contributed by atoms with E-state index in [1.54, 1.807) is 0 Å². The van der Waals surface area contributed by atoms with Crippen molar-refractivity contribution in [2.75, 3.05) is 13.4 Å². The van der Waals surface area contributed by atoms with Crippen LogP contribution in [-0.4, -0.2) is 30.2 Å². The average Bonchev–Trinajstić information content (AvgIpc) is 2.00. The summed E-state index contributed by atoms with van der Waals surface area (Å²) >= 11 is 0. The van der Waals surface area contributed by atoms with E-state index in [1.807, 2.05) is 27.7 Å². The van der Waals surface area contributed by atoms with Gasteiger partial charge in [-0.15, -0.1) is 0 Å². The largest absolute Gasteiger partial charge is 0.396 e. The van der Waals surface area contributed by atoms with Gasteiger partial charge in [-0.25, -0.2) is 0 Å². The molecule has 0 saturated carbocycles. The molecule has 0 heterocycles. The summed E-state index contributed by atoms with van der Waals surface area (Å²) in [5.74, 6) is 0. The summed E-state index contributed by atoms with van der Waals surface area (Å²) in [5.41, 5.74) is -0.197. The maximum Gasteiger partial charge on any atom is 0.147 e. The molecule has 3 nitrogen and oxygen atoms in total. The Hall–Kier alpha value is -0.120. The third-order valence-corrected chi connectivity index (χ3v) is 1.79. The summed E-state index contributed by atoms with van der Waals surface area (Å²) in [6.45, 7) is 8.51. The molecule has 0 aliphatic heterocycles. The van der Waals surface area contributed by atoms with Crippen LogP contribution in [0.2, 0.25) is 0 Å². The van der Waals surface area contributed by atoms with Crippen molar-refractivity contribution >= 4 is 0 Å². The van der Waals surface area contributed by atoms with E-state index < -0.39 is 0 Å². The van der Waals surface area contributed by atoms with Gasteiger partial charge in [-0.3, -0.25) is 0 Å². The summed E-state index contributed by atoms with van der Waals surface area (Å²) in [6.07, 6.45) is 1.83. The number of hydrogen-bond acceptors (Lipinski definition) is 3. The predicted octanol–water partition coefficient (Wildman–Crippen LogP) is 1.94. The summed E-state index contributed by atoms with van der Waals surface area (Å²) < 4.78 is 10.8. The van der Waals surface area contributed by atoms with Crippen molar-refractivity contribution in [3.05, 3.63) is 0 Å². The maximum atomic E-state index is 8.66. The highest BCUT2D eigenvalue weighted by Gasteiger charge is 2.17. The molecule has 0 saturated heterocycles. The Bertz CT molecular complexity index is 121. The number of ether oxygens (including phenoxy) is 2. The lowest BCUT2D eigenvalue weighted by atomic mass is 10.0. The Morgan fingerprint density at radius 3 is 2.38 bits per heavy atom. The second kappa shape index (κ2) is 6.35. The monoisotopic (exact) mass is 190 g/mol. The topological polar surface area (TPSA) is 38.7 Å².